The first-order valence-corrected chi connectivity index (χ1v) is 10.7. The number of ether oxygens (including phenoxy) is 1. The second kappa shape index (κ2) is 8.75. The van der Waals surface area contributed by atoms with E-state index in [-0.39, 0.29) is 13.2 Å². The van der Waals surface area contributed by atoms with Crippen molar-refractivity contribution in [1.29, 1.82) is 0 Å². The Balaban J connectivity index is 1.52. The summed E-state index contributed by atoms with van der Waals surface area (Å²) in [6.45, 7) is 0.279. The third kappa shape index (κ3) is 4.18. The van der Waals surface area contributed by atoms with Gasteiger partial charge in [0.2, 0.25) is 0 Å². The van der Waals surface area contributed by atoms with Gasteiger partial charge in [0, 0.05) is 17.1 Å². The van der Waals surface area contributed by atoms with Crippen molar-refractivity contribution in [3.8, 4) is 0 Å². The van der Waals surface area contributed by atoms with Gasteiger partial charge in [0.1, 0.15) is 10.6 Å². The average molecular weight is 413 g/mol. The van der Waals surface area contributed by atoms with E-state index in [1.165, 1.54) is 29.7 Å². The number of para-hydroxylation sites is 1. The van der Waals surface area contributed by atoms with Gasteiger partial charge in [-0.1, -0.05) is 18.6 Å². The first-order chi connectivity index (χ1) is 14.2. The summed E-state index contributed by atoms with van der Waals surface area (Å²) in [5.41, 5.74) is 8.57. The van der Waals surface area contributed by atoms with Crippen LogP contribution in [0.25, 0.3) is 10.2 Å². The number of nitrogen functional groups attached to an aromatic ring is 1. The molecule has 0 atom stereocenters. The Hall–Kier alpha value is -2.71. The number of rotatable bonds is 6. The molecule has 1 aliphatic rings. The van der Waals surface area contributed by atoms with Gasteiger partial charge in [-0.15, -0.1) is 11.3 Å². The molecule has 29 heavy (non-hydrogen) atoms. The van der Waals surface area contributed by atoms with Crippen molar-refractivity contribution >= 4 is 39.0 Å². The number of anilines is 2. The highest BCUT2D eigenvalue weighted by atomic mass is 32.1. The Morgan fingerprint density at radius 3 is 2.90 bits per heavy atom. The van der Waals surface area contributed by atoms with E-state index >= 15 is 0 Å². The third-order valence-electron chi connectivity index (χ3n) is 5.05. The summed E-state index contributed by atoms with van der Waals surface area (Å²) < 4.78 is 5.44. The molecule has 0 fully saturated rings. The van der Waals surface area contributed by atoms with Gasteiger partial charge in [0.25, 0.3) is 0 Å². The molecule has 0 radical (unpaired) electrons. The van der Waals surface area contributed by atoms with Gasteiger partial charge >= 0.3 is 5.97 Å². The van der Waals surface area contributed by atoms with Crippen molar-refractivity contribution in [3.05, 3.63) is 46.1 Å². The molecule has 4 rings (SSSR count). The predicted molar refractivity (Wildman–Crippen MR) is 114 cm³/mol. The van der Waals surface area contributed by atoms with Crippen LogP contribution in [0.1, 0.15) is 45.9 Å². The Morgan fingerprint density at radius 1 is 1.21 bits per heavy atom. The number of thiophene rings is 1. The van der Waals surface area contributed by atoms with Crippen molar-refractivity contribution in [1.82, 2.24) is 9.97 Å². The molecule has 3 aromatic rings. The van der Waals surface area contributed by atoms with E-state index in [9.17, 15) is 4.79 Å². The van der Waals surface area contributed by atoms with Crippen LogP contribution in [0.3, 0.4) is 0 Å². The molecule has 7 nitrogen and oxygen atoms in total. The van der Waals surface area contributed by atoms with Crippen LogP contribution in [-0.2, 0) is 24.2 Å². The first-order valence-electron chi connectivity index (χ1n) is 9.85. The lowest BCUT2D eigenvalue weighted by atomic mass is 10.1. The van der Waals surface area contributed by atoms with E-state index in [0.29, 0.717) is 29.4 Å². The van der Waals surface area contributed by atoms with Crippen LogP contribution in [0.15, 0.2) is 24.3 Å². The monoisotopic (exact) mass is 412 g/mol. The molecular weight excluding hydrogens is 388 g/mol. The SMILES string of the molecule is Nc1nc(COC(=O)c2ccccc2NCCO)nc2sc3c(c12)CCCCC3. The lowest BCUT2D eigenvalue weighted by Gasteiger charge is -2.11. The Labute approximate surface area is 172 Å². The second-order valence-electron chi connectivity index (χ2n) is 7.04. The predicted octanol–water partition coefficient (Wildman–Crippen LogP) is 3.30. The maximum Gasteiger partial charge on any atom is 0.340 e. The van der Waals surface area contributed by atoms with Crippen LogP contribution in [0.5, 0.6) is 0 Å². The van der Waals surface area contributed by atoms with Gasteiger partial charge in [0.05, 0.1) is 17.6 Å². The summed E-state index contributed by atoms with van der Waals surface area (Å²) in [6, 6.07) is 7.03. The summed E-state index contributed by atoms with van der Waals surface area (Å²) in [7, 11) is 0. The molecule has 0 aliphatic heterocycles. The summed E-state index contributed by atoms with van der Waals surface area (Å²) in [4.78, 5) is 23.8. The second-order valence-corrected chi connectivity index (χ2v) is 8.13. The number of nitrogens with two attached hydrogens (primary N) is 1. The van der Waals surface area contributed by atoms with Gasteiger partial charge < -0.3 is 20.9 Å². The molecule has 8 heteroatoms. The van der Waals surface area contributed by atoms with E-state index < -0.39 is 5.97 Å². The van der Waals surface area contributed by atoms with Gasteiger partial charge in [-0.25, -0.2) is 14.8 Å². The molecule has 0 saturated heterocycles. The number of aryl methyl sites for hydroxylation is 2. The number of carbonyl (C=O) groups is 1. The zero-order valence-corrected chi connectivity index (χ0v) is 16.9. The number of aliphatic hydroxyl groups excluding tert-OH is 1. The molecule has 0 spiro atoms. The molecule has 4 N–H and O–H groups in total. The van der Waals surface area contributed by atoms with Crippen LogP contribution in [-0.4, -0.2) is 34.2 Å². The van der Waals surface area contributed by atoms with Crippen molar-refractivity contribution in [2.45, 2.75) is 38.7 Å². The highest BCUT2D eigenvalue weighted by Gasteiger charge is 2.20. The molecule has 0 amide bonds. The standard InChI is InChI=1S/C21H24N4O3S/c22-19-18-14-7-2-1-3-9-16(14)29-20(18)25-17(24-19)12-28-21(27)13-6-4-5-8-15(13)23-10-11-26/h4-6,8,23,26H,1-3,7,9-12H2,(H2,22,24,25). The molecule has 0 saturated carbocycles. The number of aliphatic hydroxyl groups is 1. The number of nitrogens with zero attached hydrogens (tertiary/aromatic N) is 2. The minimum atomic E-state index is -0.477. The number of benzene rings is 1. The van der Waals surface area contributed by atoms with E-state index in [1.54, 1.807) is 29.5 Å². The number of carbonyl (C=O) groups excluding carboxylic acids is 1. The van der Waals surface area contributed by atoms with Crippen molar-refractivity contribution in [2.75, 3.05) is 24.2 Å². The van der Waals surface area contributed by atoms with E-state index in [2.05, 4.69) is 15.3 Å². The summed E-state index contributed by atoms with van der Waals surface area (Å²) in [5, 5.41) is 13.0. The normalized spacial score (nSPS) is 13.7. The number of aromatic nitrogens is 2. The maximum absolute atomic E-state index is 12.5. The third-order valence-corrected chi connectivity index (χ3v) is 6.23. The number of esters is 1. The number of hydrogen-bond donors (Lipinski definition) is 3. The largest absolute Gasteiger partial charge is 0.454 e. The van der Waals surface area contributed by atoms with Crippen molar-refractivity contribution < 1.29 is 14.6 Å². The van der Waals surface area contributed by atoms with Gasteiger partial charge in [-0.05, 0) is 43.4 Å². The number of hydrogen-bond acceptors (Lipinski definition) is 8. The first kappa shape index (κ1) is 19.6. The summed E-state index contributed by atoms with van der Waals surface area (Å²) >= 11 is 1.68. The fourth-order valence-corrected chi connectivity index (χ4v) is 4.97. The lowest BCUT2D eigenvalue weighted by Crippen LogP contribution is -2.13. The Morgan fingerprint density at radius 2 is 2.03 bits per heavy atom. The van der Waals surface area contributed by atoms with Crippen LogP contribution in [0, 0.1) is 0 Å². The van der Waals surface area contributed by atoms with Gasteiger partial charge in [-0.2, -0.15) is 0 Å². The summed E-state index contributed by atoms with van der Waals surface area (Å²) in [6.07, 6.45) is 5.70. The molecule has 1 aromatic carbocycles. The van der Waals surface area contributed by atoms with Gasteiger partial charge in [0.15, 0.2) is 12.4 Å². The molecule has 2 aromatic heterocycles. The zero-order chi connectivity index (χ0) is 20.2. The molecular formula is C21H24N4O3S. The highest BCUT2D eigenvalue weighted by Crippen LogP contribution is 2.37. The Kier molecular flexibility index (Phi) is 5.92. The topological polar surface area (TPSA) is 110 Å². The van der Waals surface area contributed by atoms with Crippen LogP contribution >= 0.6 is 11.3 Å². The molecule has 2 heterocycles. The zero-order valence-electron chi connectivity index (χ0n) is 16.1. The lowest BCUT2D eigenvalue weighted by molar-refractivity contribution is 0.0464. The van der Waals surface area contributed by atoms with Crippen LogP contribution < -0.4 is 11.1 Å². The fraction of sp³-hybridized carbons (Fsp3) is 0.381. The van der Waals surface area contributed by atoms with E-state index in [0.717, 1.165) is 23.1 Å². The molecule has 152 valence electrons. The maximum atomic E-state index is 12.5. The number of nitrogens with one attached hydrogen (secondary N) is 1. The van der Waals surface area contributed by atoms with E-state index in [1.807, 2.05) is 6.07 Å². The van der Waals surface area contributed by atoms with Crippen molar-refractivity contribution in [3.63, 3.8) is 0 Å². The fourth-order valence-electron chi connectivity index (χ4n) is 3.69. The molecule has 0 unspecified atom stereocenters. The minimum Gasteiger partial charge on any atom is -0.454 e. The van der Waals surface area contributed by atoms with Crippen molar-refractivity contribution in [2.24, 2.45) is 0 Å². The van der Waals surface area contributed by atoms with E-state index in [4.69, 9.17) is 15.6 Å². The highest BCUT2D eigenvalue weighted by molar-refractivity contribution is 7.19. The minimum absolute atomic E-state index is 0.0265. The summed E-state index contributed by atoms with van der Waals surface area (Å²) in [5.74, 6) is 0.390. The Bertz CT molecular complexity index is 1030. The van der Waals surface area contributed by atoms with Crippen LogP contribution in [0.2, 0.25) is 0 Å². The molecule has 1 aliphatic carbocycles. The smallest absolute Gasteiger partial charge is 0.340 e. The van der Waals surface area contributed by atoms with Crippen LogP contribution in [0.4, 0.5) is 11.5 Å². The van der Waals surface area contributed by atoms with Gasteiger partial charge in [-0.3, -0.25) is 0 Å². The molecule has 0 bridgehead atoms. The number of fused-ring (bicyclic) bond motifs is 3. The quantitative estimate of drug-likeness (QED) is 0.421. The average Bonchev–Trinajstić information content (AvgIpc) is 2.92.